The molecule has 1 amide bonds. The fraction of sp³-hybridized carbons (Fsp3) is 0.136. The molecule has 4 aromatic rings. The van der Waals surface area contributed by atoms with E-state index in [9.17, 15) is 26.7 Å². The van der Waals surface area contributed by atoms with E-state index in [0.29, 0.717) is 16.8 Å². The molecule has 0 aliphatic carbocycles. The Morgan fingerprint density at radius 1 is 1.06 bits per heavy atom. The van der Waals surface area contributed by atoms with E-state index < -0.39 is 30.5 Å². The fourth-order valence-corrected chi connectivity index (χ4v) is 3.21. The number of fused-ring (bicyclic) bond motifs is 1. The maximum atomic E-state index is 13.7. The normalized spacial score (nSPS) is 11.4. The highest BCUT2D eigenvalue weighted by atomic mass is 19.3. The molecular weight excluding hydrogens is 447 g/mol. The zero-order chi connectivity index (χ0) is 23.7. The molecule has 0 aliphatic rings. The summed E-state index contributed by atoms with van der Waals surface area (Å²) in [6.45, 7) is -1.42. The lowest BCUT2D eigenvalue weighted by atomic mass is 10.1. The Morgan fingerprint density at radius 3 is 2.42 bits per heavy atom. The van der Waals surface area contributed by atoms with Crippen molar-refractivity contribution in [2.75, 3.05) is 5.32 Å². The summed E-state index contributed by atoms with van der Waals surface area (Å²) in [4.78, 5) is 17.2. The van der Waals surface area contributed by atoms with Gasteiger partial charge in [0.2, 0.25) is 0 Å². The second kappa shape index (κ2) is 8.85. The van der Waals surface area contributed by atoms with Crippen LogP contribution in [0.2, 0.25) is 0 Å². The number of anilines is 1. The smallest absolute Gasteiger partial charge is 0.387 e. The summed E-state index contributed by atoms with van der Waals surface area (Å²) < 4.78 is 70.6. The molecule has 2 aromatic carbocycles. The van der Waals surface area contributed by atoms with Gasteiger partial charge in [0.05, 0.1) is 11.9 Å². The third-order valence-corrected chi connectivity index (χ3v) is 4.78. The largest absolute Gasteiger partial charge is 0.435 e. The Hall–Kier alpha value is -4.02. The Bertz CT molecular complexity index is 1320. The van der Waals surface area contributed by atoms with Crippen molar-refractivity contribution in [3.05, 3.63) is 77.4 Å². The van der Waals surface area contributed by atoms with Gasteiger partial charge in [0, 0.05) is 11.3 Å². The van der Waals surface area contributed by atoms with Gasteiger partial charge >= 0.3 is 6.61 Å². The van der Waals surface area contributed by atoms with E-state index in [4.69, 9.17) is 0 Å². The predicted molar refractivity (Wildman–Crippen MR) is 109 cm³/mol. The van der Waals surface area contributed by atoms with E-state index in [1.807, 2.05) is 0 Å². The summed E-state index contributed by atoms with van der Waals surface area (Å²) in [7, 11) is 0. The number of carbonyl (C=O) groups is 1. The average molecular weight is 462 g/mol. The zero-order valence-corrected chi connectivity index (χ0v) is 16.9. The first-order chi connectivity index (χ1) is 15.7. The monoisotopic (exact) mass is 462 g/mol. The minimum absolute atomic E-state index is 0.0799. The molecule has 33 heavy (non-hydrogen) atoms. The number of rotatable bonds is 6. The van der Waals surface area contributed by atoms with Gasteiger partial charge in [-0.3, -0.25) is 4.79 Å². The van der Waals surface area contributed by atoms with Crippen LogP contribution in [0.5, 0.6) is 5.75 Å². The minimum Gasteiger partial charge on any atom is -0.435 e. The number of hydrogen-bond donors (Lipinski definition) is 1. The molecule has 170 valence electrons. The summed E-state index contributed by atoms with van der Waals surface area (Å²) in [6.07, 6.45) is -1.82. The van der Waals surface area contributed by atoms with Crippen molar-refractivity contribution >= 4 is 17.2 Å². The Kier molecular flexibility index (Phi) is 5.95. The summed E-state index contributed by atoms with van der Waals surface area (Å²) >= 11 is 0. The van der Waals surface area contributed by atoms with Crippen LogP contribution >= 0.6 is 0 Å². The summed E-state index contributed by atoms with van der Waals surface area (Å²) in [6, 6.07) is 10.2. The van der Waals surface area contributed by atoms with Crippen LogP contribution in [0.3, 0.4) is 0 Å². The van der Waals surface area contributed by atoms with Crippen molar-refractivity contribution in [2.24, 2.45) is 0 Å². The average Bonchev–Trinajstić information content (AvgIpc) is 3.19. The topological polar surface area (TPSA) is 68.5 Å². The molecule has 0 radical (unpaired) electrons. The van der Waals surface area contributed by atoms with E-state index in [2.05, 4.69) is 20.1 Å². The van der Waals surface area contributed by atoms with Crippen LogP contribution in [0, 0.1) is 12.7 Å². The Morgan fingerprint density at radius 2 is 1.79 bits per heavy atom. The van der Waals surface area contributed by atoms with Crippen LogP contribution in [0.4, 0.5) is 27.6 Å². The maximum Gasteiger partial charge on any atom is 0.387 e. The van der Waals surface area contributed by atoms with Gasteiger partial charge in [-0.15, -0.1) is 0 Å². The molecule has 0 saturated heterocycles. The number of hydrogen-bond acceptors (Lipinski definition) is 4. The van der Waals surface area contributed by atoms with E-state index in [0.717, 1.165) is 28.9 Å². The molecule has 2 aromatic heterocycles. The van der Waals surface area contributed by atoms with E-state index >= 15 is 0 Å². The highest BCUT2D eigenvalue weighted by molar-refractivity contribution is 6.08. The van der Waals surface area contributed by atoms with Gasteiger partial charge in [-0.25, -0.2) is 22.7 Å². The number of halogens is 5. The van der Waals surface area contributed by atoms with Gasteiger partial charge < -0.3 is 10.1 Å². The third kappa shape index (κ3) is 4.61. The van der Waals surface area contributed by atoms with E-state index in [-0.39, 0.29) is 22.7 Å². The number of carbonyl (C=O) groups excluding carboxylic acids is 1. The molecule has 0 bridgehead atoms. The molecule has 2 heterocycles. The number of nitrogens with zero attached hydrogens (tertiary/aromatic N) is 3. The Balaban J connectivity index is 1.72. The molecule has 0 aliphatic heterocycles. The summed E-state index contributed by atoms with van der Waals surface area (Å²) in [5.74, 6) is -1.28. The lowest BCUT2D eigenvalue weighted by Crippen LogP contribution is -2.14. The van der Waals surface area contributed by atoms with Crippen LogP contribution in [-0.4, -0.2) is 27.1 Å². The number of alkyl halides is 4. The number of amides is 1. The Labute approximate surface area is 183 Å². The van der Waals surface area contributed by atoms with Crippen molar-refractivity contribution in [1.82, 2.24) is 14.6 Å². The van der Waals surface area contributed by atoms with Crippen molar-refractivity contribution in [1.29, 1.82) is 0 Å². The molecule has 0 spiro atoms. The molecule has 1 N–H and O–H groups in total. The molecular formula is C22H15F5N4O2. The third-order valence-electron chi connectivity index (χ3n) is 4.78. The van der Waals surface area contributed by atoms with Gasteiger partial charge in [0.1, 0.15) is 22.8 Å². The van der Waals surface area contributed by atoms with Crippen molar-refractivity contribution in [3.8, 4) is 17.0 Å². The molecule has 4 rings (SSSR count). The van der Waals surface area contributed by atoms with Gasteiger partial charge in [0.15, 0.2) is 5.65 Å². The number of benzene rings is 2. The SMILES string of the molecule is Cc1cc(OC(F)F)ccc1NC(=O)c1cnn2c(C(F)F)cc(-c3ccc(F)cc3)nc12. The van der Waals surface area contributed by atoms with Gasteiger partial charge in [-0.1, -0.05) is 0 Å². The van der Waals surface area contributed by atoms with Crippen molar-refractivity contribution < 1.29 is 31.5 Å². The number of nitrogens with one attached hydrogen (secondary N) is 1. The zero-order valence-electron chi connectivity index (χ0n) is 16.9. The van der Waals surface area contributed by atoms with Crippen LogP contribution < -0.4 is 10.1 Å². The molecule has 0 saturated carbocycles. The molecule has 11 heteroatoms. The molecule has 0 atom stereocenters. The highest BCUT2D eigenvalue weighted by Crippen LogP contribution is 2.28. The first-order valence-electron chi connectivity index (χ1n) is 9.52. The lowest BCUT2D eigenvalue weighted by Gasteiger charge is -2.11. The summed E-state index contributed by atoms with van der Waals surface area (Å²) in [5.41, 5.74) is 0.503. The van der Waals surface area contributed by atoms with Crippen LogP contribution in [0.15, 0.2) is 54.7 Å². The predicted octanol–water partition coefficient (Wildman–Crippen LogP) is 5.64. The quantitative estimate of drug-likeness (QED) is 0.377. The summed E-state index contributed by atoms with van der Waals surface area (Å²) in [5, 5.41) is 6.46. The highest BCUT2D eigenvalue weighted by Gasteiger charge is 2.22. The number of aryl methyl sites for hydroxylation is 1. The van der Waals surface area contributed by atoms with Crippen molar-refractivity contribution in [2.45, 2.75) is 20.0 Å². The van der Waals surface area contributed by atoms with Crippen LogP contribution in [0.1, 0.15) is 28.0 Å². The lowest BCUT2D eigenvalue weighted by molar-refractivity contribution is -0.0498. The van der Waals surface area contributed by atoms with Gasteiger partial charge in [-0.2, -0.15) is 13.9 Å². The van der Waals surface area contributed by atoms with Gasteiger partial charge in [0.25, 0.3) is 12.3 Å². The van der Waals surface area contributed by atoms with E-state index in [1.54, 1.807) is 6.92 Å². The van der Waals surface area contributed by atoms with Crippen LogP contribution in [-0.2, 0) is 0 Å². The minimum atomic E-state index is -2.99. The first-order valence-corrected chi connectivity index (χ1v) is 9.52. The van der Waals surface area contributed by atoms with Gasteiger partial charge in [-0.05, 0) is 61.0 Å². The molecule has 0 fully saturated rings. The first kappa shape index (κ1) is 22.2. The fourth-order valence-electron chi connectivity index (χ4n) is 3.21. The molecule has 6 nitrogen and oxygen atoms in total. The molecule has 0 unspecified atom stereocenters. The van der Waals surface area contributed by atoms with Crippen LogP contribution in [0.25, 0.3) is 16.9 Å². The number of aromatic nitrogens is 3. The standard InChI is InChI=1S/C22H15F5N4O2/c1-11-8-14(33-22(26)27)6-7-16(11)30-21(32)15-10-28-31-18(19(24)25)9-17(29-20(15)31)12-2-4-13(23)5-3-12/h2-10,19,22H,1H3,(H,30,32). The maximum absolute atomic E-state index is 13.7. The second-order valence-electron chi connectivity index (χ2n) is 6.98. The number of ether oxygens (including phenoxy) is 1. The van der Waals surface area contributed by atoms with E-state index in [1.165, 1.54) is 30.3 Å². The van der Waals surface area contributed by atoms with Crippen molar-refractivity contribution in [3.63, 3.8) is 0 Å². The second-order valence-corrected chi connectivity index (χ2v) is 6.98.